The molecule has 0 unspecified atom stereocenters. The molecule has 0 saturated heterocycles. The fourth-order valence-corrected chi connectivity index (χ4v) is 2.21. The highest BCUT2D eigenvalue weighted by Crippen LogP contribution is 2.24. The van der Waals surface area contributed by atoms with Crippen LogP contribution < -0.4 is 4.74 Å². The summed E-state index contributed by atoms with van der Waals surface area (Å²) in [6, 6.07) is 21.5. The number of benzene rings is 3. The summed E-state index contributed by atoms with van der Waals surface area (Å²) in [5, 5.41) is 1.97. The predicted molar refractivity (Wildman–Crippen MR) is 80.1 cm³/mol. The van der Waals surface area contributed by atoms with E-state index in [0.29, 0.717) is 12.2 Å². The fraction of sp³-hybridized carbons (Fsp3) is 0.0556. The van der Waals surface area contributed by atoms with Gasteiger partial charge in [0.1, 0.15) is 12.4 Å². The molecule has 0 fully saturated rings. The second kappa shape index (κ2) is 5.57. The number of carbonyl (C=O) groups is 1. The summed E-state index contributed by atoms with van der Waals surface area (Å²) in [6.45, 7) is 0.523. The third-order valence-electron chi connectivity index (χ3n) is 3.26. The number of rotatable bonds is 4. The van der Waals surface area contributed by atoms with Crippen LogP contribution in [0.4, 0.5) is 0 Å². The molecule has 0 aromatic heterocycles. The van der Waals surface area contributed by atoms with Gasteiger partial charge >= 0.3 is 0 Å². The molecular formula is C18H14O2. The van der Waals surface area contributed by atoms with Gasteiger partial charge in [0, 0.05) is 5.56 Å². The van der Waals surface area contributed by atoms with E-state index in [2.05, 4.69) is 0 Å². The first-order valence-electron chi connectivity index (χ1n) is 6.51. The Morgan fingerprint density at radius 2 is 1.75 bits per heavy atom. The quantitative estimate of drug-likeness (QED) is 0.658. The van der Waals surface area contributed by atoms with Gasteiger partial charge < -0.3 is 4.74 Å². The van der Waals surface area contributed by atoms with E-state index in [0.717, 1.165) is 28.4 Å². The predicted octanol–water partition coefficient (Wildman–Crippen LogP) is 4.23. The van der Waals surface area contributed by atoms with Gasteiger partial charge in [-0.15, -0.1) is 0 Å². The number of carbonyl (C=O) groups excluding carboxylic acids is 1. The third-order valence-corrected chi connectivity index (χ3v) is 3.26. The average Bonchev–Trinajstić information content (AvgIpc) is 2.53. The highest BCUT2D eigenvalue weighted by atomic mass is 16.5. The third kappa shape index (κ3) is 2.54. The summed E-state index contributed by atoms with van der Waals surface area (Å²) in [7, 11) is 0. The monoisotopic (exact) mass is 262 g/mol. The first-order valence-corrected chi connectivity index (χ1v) is 6.51. The second-order valence-corrected chi connectivity index (χ2v) is 4.62. The van der Waals surface area contributed by atoms with Gasteiger partial charge in [0.15, 0.2) is 6.29 Å². The zero-order valence-electron chi connectivity index (χ0n) is 11.0. The number of hydrogen-bond acceptors (Lipinski definition) is 2. The highest BCUT2D eigenvalue weighted by Gasteiger charge is 2.02. The van der Waals surface area contributed by atoms with Crippen molar-refractivity contribution >= 4 is 17.1 Å². The van der Waals surface area contributed by atoms with Crippen LogP contribution in [-0.2, 0) is 6.61 Å². The Morgan fingerprint density at radius 3 is 2.55 bits per heavy atom. The van der Waals surface area contributed by atoms with E-state index in [1.807, 2.05) is 66.7 Å². The maximum absolute atomic E-state index is 11.1. The van der Waals surface area contributed by atoms with Crippen LogP contribution in [-0.4, -0.2) is 6.29 Å². The van der Waals surface area contributed by atoms with Gasteiger partial charge in [0.05, 0.1) is 0 Å². The number of hydrogen-bond donors (Lipinski definition) is 0. The normalized spacial score (nSPS) is 10.4. The summed E-state index contributed by atoms with van der Waals surface area (Å²) < 4.78 is 5.78. The van der Waals surface area contributed by atoms with Crippen molar-refractivity contribution in [2.45, 2.75) is 6.61 Å². The topological polar surface area (TPSA) is 26.3 Å². The van der Waals surface area contributed by atoms with Crippen LogP contribution in [0.25, 0.3) is 10.8 Å². The Hall–Kier alpha value is -2.61. The van der Waals surface area contributed by atoms with Crippen molar-refractivity contribution in [3.05, 3.63) is 77.9 Å². The Balaban J connectivity index is 1.87. The van der Waals surface area contributed by atoms with E-state index in [1.54, 1.807) is 0 Å². The van der Waals surface area contributed by atoms with Gasteiger partial charge in [0.2, 0.25) is 0 Å². The van der Waals surface area contributed by atoms with Crippen molar-refractivity contribution < 1.29 is 9.53 Å². The molecule has 0 amide bonds. The summed E-state index contributed by atoms with van der Waals surface area (Å²) >= 11 is 0. The molecule has 0 radical (unpaired) electrons. The Morgan fingerprint density at radius 1 is 0.900 bits per heavy atom. The van der Waals surface area contributed by atoms with E-state index in [1.165, 1.54) is 0 Å². The van der Waals surface area contributed by atoms with E-state index in [-0.39, 0.29) is 0 Å². The summed E-state index contributed by atoms with van der Waals surface area (Å²) in [4.78, 5) is 11.1. The van der Waals surface area contributed by atoms with Crippen LogP contribution in [0.1, 0.15) is 15.9 Å². The zero-order valence-corrected chi connectivity index (χ0v) is 11.0. The average molecular weight is 262 g/mol. The first-order chi connectivity index (χ1) is 9.86. The largest absolute Gasteiger partial charge is 0.489 e. The van der Waals surface area contributed by atoms with Gasteiger partial charge in [-0.2, -0.15) is 0 Å². The van der Waals surface area contributed by atoms with Gasteiger partial charge in [-0.3, -0.25) is 4.79 Å². The molecule has 2 heteroatoms. The number of fused-ring (bicyclic) bond motifs is 1. The molecule has 0 saturated carbocycles. The van der Waals surface area contributed by atoms with Crippen molar-refractivity contribution in [3.63, 3.8) is 0 Å². The van der Waals surface area contributed by atoms with Crippen LogP contribution >= 0.6 is 0 Å². The fourth-order valence-electron chi connectivity index (χ4n) is 2.21. The van der Waals surface area contributed by atoms with Crippen molar-refractivity contribution in [2.24, 2.45) is 0 Å². The first kappa shape index (κ1) is 12.4. The van der Waals surface area contributed by atoms with Crippen molar-refractivity contribution in [1.82, 2.24) is 0 Å². The van der Waals surface area contributed by atoms with Crippen LogP contribution in [0.15, 0.2) is 66.7 Å². The molecule has 0 aliphatic rings. The number of aldehydes is 1. The SMILES string of the molecule is O=Cc1cccc2ccc(OCc3ccccc3)cc12. The maximum atomic E-state index is 11.1. The molecule has 3 aromatic rings. The van der Waals surface area contributed by atoms with E-state index in [9.17, 15) is 4.79 Å². The molecule has 0 spiro atoms. The van der Waals surface area contributed by atoms with Gasteiger partial charge in [-0.05, 0) is 28.5 Å². The molecule has 98 valence electrons. The molecule has 0 aliphatic carbocycles. The summed E-state index contributed by atoms with van der Waals surface area (Å²) in [6.07, 6.45) is 0.878. The van der Waals surface area contributed by atoms with E-state index < -0.39 is 0 Å². The zero-order chi connectivity index (χ0) is 13.8. The minimum Gasteiger partial charge on any atom is -0.489 e. The summed E-state index contributed by atoms with van der Waals surface area (Å²) in [5.41, 5.74) is 1.81. The molecule has 3 rings (SSSR count). The summed E-state index contributed by atoms with van der Waals surface area (Å²) in [5.74, 6) is 0.774. The molecule has 20 heavy (non-hydrogen) atoms. The lowest BCUT2D eigenvalue weighted by Gasteiger charge is -2.08. The van der Waals surface area contributed by atoms with E-state index >= 15 is 0 Å². The molecule has 3 aromatic carbocycles. The molecule has 0 bridgehead atoms. The Kier molecular flexibility index (Phi) is 3.46. The van der Waals surface area contributed by atoms with Crippen LogP contribution in [0.3, 0.4) is 0 Å². The van der Waals surface area contributed by atoms with Crippen molar-refractivity contribution in [2.75, 3.05) is 0 Å². The second-order valence-electron chi connectivity index (χ2n) is 4.62. The lowest BCUT2D eigenvalue weighted by molar-refractivity contribution is 0.112. The van der Waals surface area contributed by atoms with Gasteiger partial charge in [-0.25, -0.2) is 0 Å². The van der Waals surface area contributed by atoms with Crippen molar-refractivity contribution in [3.8, 4) is 5.75 Å². The molecule has 0 aliphatic heterocycles. The Labute approximate surface area is 117 Å². The van der Waals surface area contributed by atoms with Crippen molar-refractivity contribution in [1.29, 1.82) is 0 Å². The van der Waals surface area contributed by atoms with Gasteiger partial charge in [0.25, 0.3) is 0 Å². The van der Waals surface area contributed by atoms with Crippen LogP contribution in [0, 0.1) is 0 Å². The van der Waals surface area contributed by atoms with Gasteiger partial charge in [-0.1, -0.05) is 54.6 Å². The minimum absolute atomic E-state index is 0.523. The minimum atomic E-state index is 0.523. The molecule has 0 atom stereocenters. The molecule has 0 heterocycles. The Bertz CT molecular complexity index is 733. The number of ether oxygens (including phenoxy) is 1. The molecule has 2 nitrogen and oxygen atoms in total. The van der Waals surface area contributed by atoms with E-state index in [4.69, 9.17) is 4.74 Å². The smallest absolute Gasteiger partial charge is 0.150 e. The standard InChI is InChI=1S/C18H14O2/c19-12-16-8-4-7-15-9-10-17(11-18(15)16)20-13-14-5-2-1-3-6-14/h1-12H,13H2. The molecular weight excluding hydrogens is 248 g/mol. The highest BCUT2D eigenvalue weighted by molar-refractivity contribution is 5.98. The molecule has 0 N–H and O–H groups in total. The lowest BCUT2D eigenvalue weighted by Crippen LogP contribution is -1.95. The maximum Gasteiger partial charge on any atom is 0.150 e. The lowest BCUT2D eigenvalue weighted by atomic mass is 10.1. The van der Waals surface area contributed by atoms with Crippen LogP contribution in [0.2, 0.25) is 0 Å². The van der Waals surface area contributed by atoms with Crippen LogP contribution in [0.5, 0.6) is 5.75 Å².